The van der Waals surface area contributed by atoms with Crippen LogP contribution in [-0.4, -0.2) is 36.9 Å². The van der Waals surface area contributed by atoms with Crippen molar-refractivity contribution in [3.8, 4) is 0 Å². The monoisotopic (exact) mass is 300 g/mol. The van der Waals surface area contributed by atoms with Gasteiger partial charge < -0.3 is 9.47 Å². The van der Waals surface area contributed by atoms with Crippen LogP contribution in [0.5, 0.6) is 0 Å². The number of ether oxygens (including phenoxy) is 2. The highest BCUT2D eigenvalue weighted by atomic mass is 16.5. The van der Waals surface area contributed by atoms with Gasteiger partial charge in [0.2, 0.25) is 0 Å². The molecular formula is C16H28O5. The molecule has 122 valence electrons. The van der Waals surface area contributed by atoms with Crippen LogP contribution in [0.4, 0.5) is 0 Å². The SMILES string of the molecule is CCCCO[C@@H](C)CC(=O)CC(C(=O)CC)C(=O)OCC. The Labute approximate surface area is 127 Å². The molecule has 0 aromatic carbocycles. The Morgan fingerprint density at radius 3 is 2.24 bits per heavy atom. The summed E-state index contributed by atoms with van der Waals surface area (Å²) in [6, 6.07) is 0. The van der Waals surface area contributed by atoms with Crippen molar-refractivity contribution in [1.82, 2.24) is 0 Å². The average Bonchev–Trinajstić information content (AvgIpc) is 2.44. The summed E-state index contributed by atoms with van der Waals surface area (Å²) < 4.78 is 10.4. The molecular weight excluding hydrogens is 272 g/mol. The molecule has 0 aliphatic carbocycles. The molecule has 0 amide bonds. The predicted molar refractivity (Wildman–Crippen MR) is 80.0 cm³/mol. The molecule has 0 saturated carbocycles. The molecule has 0 heterocycles. The van der Waals surface area contributed by atoms with E-state index in [4.69, 9.17) is 9.47 Å². The molecule has 0 rings (SSSR count). The molecule has 0 bridgehead atoms. The van der Waals surface area contributed by atoms with E-state index < -0.39 is 11.9 Å². The Hall–Kier alpha value is -1.23. The summed E-state index contributed by atoms with van der Waals surface area (Å²) in [5.74, 6) is -1.96. The van der Waals surface area contributed by atoms with E-state index in [9.17, 15) is 14.4 Å². The standard InChI is InChI=1S/C16H28O5/c1-5-8-9-21-12(4)10-13(17)11-14(15(18)6-2)16(19)20-7-3/h12,14H,5-11H2,1-4H3/t12-,14?/m0/s1. The first-order chi connectivity index (χ1) is 9.96. The number of rotatable bonds is 12. The summed E-state index contributed by atoms with van der Waals surface area (Å²) in [5, 5.41) is 0. The van der Waals surface area contributed by atoms with Crippen molar-refractivity contribution in [3.63, 3.8) is 0 Å². The number of carbonyl (C=O) groups excluding carboxylic acids is 3. The van der Waals surface area contributed by atoms with Crippen LogP contribution in [0.25, 0.3) is 0 Å². The number of Topliss-reactive ketones (excluding diaryl/α,β-unsaturated/α-hetero) is 2. The highest BCUT2D eigenvalue weighted by Gasteiger charge is 2.29. The summed E-state index contributed by atoms with van der Waals surface area (Å²) in [6.07, 6.45) is 2.15. The van der Waals surface area contributed by atoms with Crippen molar-refractivity contribution >= 4 is 17.5 Å². The van der Waals surface area contributed by atoms with E-state index in [0.29, 0.717) is 6.61 Å². The molecule has 0 radical (unpaired) electrons. The van der Waals surface area contributed by atoms with Gasteiger partial charge in [0.1, 0.15) is 17.5 Å². The van der Waals surface area contributed by atoms with Gasteiger partial charge in [-0.1, -0.05) is 20.3 Å². The van der Waals surface area contributed by atoms with Crippen LogP contribution in [-0.2, 0) is 23.9 Å². The fourth-order valence-corrected chi connectivity index (χ4v) is 1.94. The number of hydrogen-bond donors (Lipinski definition) is 0. The second-order valence-electron chi connectivity index (χ2n) is 5.11. The zero-order valence-corrected chi connectivity index (χ0v) is 13.6. The molecule has 5 nitrogen and oxygen atoms in total. The van der Waals surface area contributed by atoms with Crippen LogP contribution in [0, 0.1) is 5.92 Å². The Morgan fingerprint density at radius 1 is 1.05 bits per heavy atom. The average molecular weight is 300 g/mol. The lowest BCUT2D eigenvalue weighted by Crippen LogP contribution is -2.29. The number of ketones is 2. The molecule has 5 heteroatoms. The van der Waals surface area contributed by atoms with Gasteiger partial charge in [-0.3, -0.25) is 14.4 Å². The Balaban J connectivity index is 4.39. The van der Waals surface area contributed by atoms with Crippen molar-refractivity contribution in [1.29, 1.82) is 0 Å². The third-order valence-corrected chi connectivity index (χ3v) is 3.16. The van der Waals surface area contributed by atoms with Crippen molar-refractivity contribution in [2.24, 2.45) is 5.92 Å². The molecule has 0 aliphatic rings. The molecule has 0 aromatic rings. The van der Waals surface area contributed by atoms with Gasteiger partial charge in [0.25, 0.3) is 0 Å². The summed E-state index contributed by atoms with van der Waals surface area (Å²) in [7, 11) is 0. The maximum absolute atomic E-state index is 12.0. The lowest BCUT2D eigenvalue weighted by atomic mass is 9.94. The molecule has 0 aromatic heterocycles. The number of esters is 1. The molecule has 0 saturated heterocycles. The van der Waals surface area contributed by atoms with Crippen LogP contribution in [0.3, 0.4) is 0 Å². The van der Waals surface area contributed by atoms with Gasteiger partial charge in [-0.05, 0) is 20.3 Å². The van der Waals surface area contributed by atoms with E-state index in [0.717, 1.165) is 12.8 Å². The zero-order valence-electron chi connectivity index (χ0n) is 13.6. The summed E-state index contributed by atoms with van der Waals surface area (Å²) in [4.78, 5) is 35.5. The van der Waals surface area contributed by atoms with E-state index in [1.54, 1.807) is 13.8 Å². The van der Waals surface area contributed by atoms with E-state index >= 15 is 0 Å². The van der Waals surface area contributed by atoms with E-state index in [1.807, 2.05) is 6.92 Å². The van der Waals surface area contributed by atoms with Gasteiger partial charge in [0.15, 0.2) is 0 Å². The first-order valence-electron chi connectivity index (χ1n) is 7.78. The fourth-order valence-electron chi connectivity index (χ4n) is 1.94. The van der Waals surface area contributed by atoms with Gasteiger partial charge in [-0.2, -0.15) is 0 Å². The highest BCUT2D eigenvalue weighted by Crippen LogP contribution is 2.14. The minimum atomic E-state index is -0.967. The molecule has 0 fully saturated rings. The van der Waals surface area contributed by atoms with Crippen molar-refractivity contribution in [2.75, 3.05) is 13.2 Å². The maximum atomic E-state index is 12.0. The summed E-state index contributed by atoms with van der Waals surface area (Å²) in [5.41, 5.74) is 0. The van der Waals surface area contributed by atoms with Crippen LogP contribution < -0.4 is 0 Å². The lowest BCUT2D eigenvalue weighted by Gasteiger charge is -2.15. The fraction of sp³-hybridized carbons (Fsp3) is 0.812. The largest absolute Gasteiger partial charge is 0.465 e. The quantitative estimate of drug-likeness (QED) is 0.315. The first kappa shape index (κ1) is 19.8. The van der Waals surface area contributed by atoms with Crippen LogP contribution in [0.15, 0.2) is 0 Å². The van der Waals surface area contributed by atoms with Gasteiger partial charge in [-0.25, -0.2) is 0 Å². The Morgan fingerprint density at radius 2 is 1.71 bits per heavy atom. The minimum Gasteiger partial charge on any atom is -0.465 e. The first-order valence-corrected chi connectivity index (χ1v) is 7.78. The summed E-state index contributed by atoms with van der Waals surface area (Å²) in [6.45, 7) is 8.08. The second-order valence-corrected chi connectivity index (χ2v) is 5.11. The zero-order chi connectivity index (χ0) is 16.3. The number of unbranched alkanes of at least 4 members (excludes halogenated alkanes) is 1. The topological polar surface area (TPSA) is 69.7 Å². The lowest BCUT2D eigenvalue weighted by molar-refractivity contribution is -0.153. The molecule has 0 spiro atoms. The normalized spacial score (nSPS) is 13.5. The third kappa shape index (κ3) is 8.60. The minimum absolute atomic E-state index is 0.0903. The molecule has 0 aliphatic heterocycles. The maximum Gasteiger partial charge on any atom is 0.316 e. The Bertz CT molecular complexity index is 338. The van der Waals surface area contributed by atoms with Gasteiger partial charge in [0.05, 0.1) is 12.7 Å². The van der Waals surface area contributed by atoms with Crippen LogP contribution in [0.2, 0.25) is 0 Å². The van der Waals surface area contributed by atoms with E-state index in [1.165, 1.54) is 0 Å². The Kier molecular flexibility index (Phi) is 10.8. The highest BCUT2D eigenvalue weighted by molar-refractivity contribution is 6.02. The molecule has 2 atom stereocenters. The number of hydrogen-bond acceptors (Lipinski definition) is 5. The van der Waals surface area contributed by atoms with Crippen LogP contribution >= 0.6 is 0 Å². The van der Waals surface area contributed by atoms with Gasteiger partial charge in [0, 0.05) is 25.9 Å². The molecule has 21 heavy (non-hydrogen) atoms. The molecule has 1 unspecified atom stereocenters. The smallest absolute Gasteiger partial charge is 0.316 e. The van der Waals surface area contributed by atoms with Crippen LogP contribution in [0.1, 0.15) is 59.8 Å². The number of carbonyl (C=O) groups is 3. The van der Waals surface area contributed by atoms with E-state index in [-0.39, 0.29) is 43.5 Å². The third-order valence-electron chi connectivity index (χ3n) is 3.16. The van der Waals surface area contributed by atoms with Crippen molar-refractivity contribution in [2.45, 2.75) is 65.9 Å². The van der Waals surface area contributed by atoms with Crippen molar-refractivity contribution < 1.29 is 23.9 Å². The van der Waals surface area contributed by atoms with E-state index in [2.05, 4.69) is 6.92 Å². The second kappa shape index (κ2) is 11.4. The van der Waals surface area contributed by atoms with Crippen molar-refractivity contribution in [3.05, 3.63) is 0 Å². The summed E-state index contributed by atoms with van der Waals surface area (Å²) >= 11 is 0. The van der Waals surface area contributed by atoms with Gasteiger partial charge in [-0.15, -0.1) is 0 Å². The van der Waals surface area contributed by atoms with Gasteiger partial charge >= 0.3 is 5.97 Å². The molecule has 0 N–H and O–H groups in total. The predicted octanol–water partition coefficient (Wildman–Crippen LogP) is 2.70.